The number of ether oxygens (including phenoxy) is 1. The predicted octanol–water partition coefficient (Wildman–Crippen LogP) is 6.72. The summed E-state index contributed by atoms with van der Waals surface area (Å²) in [6.07, 6.45) is 1.79. The summed E-state index contributed by atoms with van der Waals surface area (Å²) in [5.74, 6) is 0.866. The van der Waals surface area contributed by atoms with Crippen molar-refractivity contribution in [2.75, 3.05) is 5.32 Å². The number of nitrogens with one attached hydrogen (secondary N) is 1. The largest absolute Gasteiger partial charge is 0.489 e. The first-order chi connectivity index (χ1) is 15.5. The van der Waals surface area contributed by atoms with Gasteiger partial charge in [0.25, 0.3) is 5.91 Å². The van der Waals surface area contributed by atoms with Crippen molar-refractivity contribution in [2.24, 2.45) is 0 Å². The fourth-order valence-electron chi connectivity index (χ4n) is 3.06. The van der Waals surface area contributed by atoms with Crippen LogP contribution in [0.2, 0.25) is 15.1 Å². The minimum atomic E-state index is -0.255. The molecule has 5 nitrogen and oxygen atoms in total. The van der Waals surface area contributed by atoms with E-state index in [1.165, 1.54) is 0 Å². The zero-order valence-electron chi connectivity index (χ0n) is 16.8. The topological polar surface area (TPSA) is 56.2 Å². The maximum atomic E-state index is 12.7. The molecule has 3 aromatic carbocycles. The Hall–Kier alpha value is -2.99. The van der Waals surface area contributed by atoms with Gasteiger partial charge >= 0.3 is 0 Å². The molecule has 0 fully saturated rings. The summed E-state index contributed by atoms with van der Waals surface area (Å²) in [5.41, 5.74) is 2.33. The van der Waals surface area contributed by atoms with Crippen LogP contribution < -0.4 is 10.1 Å². The first-order valence-corrected chi connectivity index (χ1v) is 10.9. The van der Waals surface area contributed by atoms with Crippen molar-refractivity contribution in [2.45, 2.75) is 13.2 Å². The molecule has 0 saturated heterocycles. The number of benzene rings is 3. The molecule has 162 valence electrons. The van der Waals surface area contributed by atoms with Crippen LogP contribution in [-0.2, 0) is 13.2 Å². The van der Waals surface area contributed by atoms with Crippen molar-refractivity contribution in [3.05, 3.63) is 111 Å². The van der Waals surface area contributed by atoms with Gasteiger partial charge in [-0.3, -0.25) is 9.48 Å². The predicted molar refractivity (Wildman–Crippen MR) is 128 cm³/mol. The van der Waals surface area contributed by atoms with Crippen molar-refractivity contribution in [1.82, 2.24) is 9.78 Å². The van der Waals surface area contributed by atoms with E-state index < -0.39 is 0 Å². The molecule has 4 aromatic rings. The van der Waals surface area contributed by atoms with E-state index in [9.17, 15) is 4.79 Å². The van der Waals surface area contributed by atoms with E-state index >= 15 is 0 Å². The molecule has 0 spiro atoms. The molecule has 0 aliphatic carbocycles. The van der Waals surface area contributed by atoms with Crippen LogP contribution in [0.4, 0.5) is 5.82 Å². The van der Waals surface area contributed by atoms with E-state index in [0.29, 0.717) is 45.4 Å². The van der Waals surface area contributed by atoms with Crippen LogP contribution in [-0.4, -0.2) is 15.7 Å². The third kappa shape index (κ3) is 5.82. The number of carbonyl (C=O) groups excluding carboxylic acids is 1. The summed E-state index contributed by atoms with van der Waals surface area (Å²) >= 11 is 18.0. The van der Waals surface area contributed by atoms with E-state index in [2.05, 4.69) is 10.4 Å². The maximum absolute atomic E-state index is 12.7. The summed E-state index contributed by atoms with van der Waals surface area (Å²) in [6.45, 7) is 0.822. The Balaban J connectivity index is 1.37. The number of amides is 1. The number of hydrogen-bond donors (Lipinski definition) is 1. The normalized spacial score (nSPS) is 10.7. The Labute approximate surface area is 200 Å². The van der Waals surface area contributed by atoms with Gasteiger partial charge in [0.1, 0.15) is 12.4 Å². The number of hydrogen-bond acceptors (Lipinski definition) is 3. The molecule has 32 heavy (non-hydrogen) atoms. The third-order valence-electron chi connectivity index (χ3n) is 4.60. The number of aromatic nitrogens is 2. The highest BCUT2D eigenvalue weighted by atomic mass is 35.5. The monoisotopic (exact) mass is 485 g/mol. The van der Waals surface area contributed by atoms with Crippen LogP contribution in [0.3, 0.4) is 0 Å². The highest BCUT2D eigenvalue weighted by Crippen LogP contribution is 2.23. The average Bonchev–Trinajstić information content (AvgIpc) is 3.22. The van der Waals surface area contributed by atoms with E-state index in [4.69, 9.17) is 39.5 Å². The second kappa shape index (κ2) is 10.1. The molecule has 8 heteroatoms. The molecule has 0 atom stereocenters. The standard InChI is InChI=1S/C24H18Cl3N3O2/c25-19-5-2-6-20(13-19)32-15-17-3-1-4-18(11-17)24(31)28-23-9-10-30(29-23)14-16-7-8-21(26)22(27)12-16/h1-13H,14-15H2,(H,28,29,31). The van der Waals surface area contributed by atoms with Crippen LogP contribution in [0, 0.1) is 0 Å². The summed E-state index contributed by atoms with van der Waals surface area (Å²) in [6, 6.07) is 21.6. The van der Waals surface area contributed by atoms with Gasteiger partial charge in [0.2, 0.25) is 0 Å². The molecule has 1 N–H and O–H groups in total. The fourth-order valence-corrected chi connectivity index (χ4v) is 3.56. The zero-order chi connectivity index (χ0) is 22.5. The van der Waals surface area contributed by atoms with Gasteiger partial charge < -0.3 is 10.1 Å². The first-order valence-electron chi connectivity index (χ1n) is 9.72. The van der Waals surface area contributed by atoms with Crippen LogP contribution in [0.15, 0.2) is 79.0 Å². The smallest absolute Gasteiger partial charge is 0.256 e. The van der Waals surface area contributed by atoms with Crippen LogP contribution >= 0.6 is 34.8 Å². The molecular weight excluding hydrogens is 469 g/mol. The lowest BCUT2D eigenvalue weighted by Gasteiger charge is -2.08. The lowest BCUT2D eigenvalue weighted by Crippen LogP contribution is -2.13. The first kappa shape index (κ1) is 22.2. The molecule has 1 aromatic heterocycles. The van der Waals surface area contributed by atoms with Gasteiger partial charge in [-0.25, -0.2) is 0 Å². The van der Waals surface area contributed by atoms with Crippen LogP contribution in [0.5, 0.6) is 5.75 Å². The van der Waals surface area contributed by atoms with Crippen molar-refractivity contribution in [3.63, 3.8) is 0 Å². The quantitative estimate of drug-likeness (QED) is 0.315. The SMILES string of the molecule is O=C(Nc1ccn(Cc2ccc(Cl)c(Cl)c2)n1)c1cccc(COc2cccc(Cl)c2)c1. The van der Waals surface area contributed by atoms with Gasteiger partial charge in [-0.2, -0.15) is 5.10 Å². The lowest BCUT2D eigenvalue weighted by atomic mass is 10.1. The second-order valence-electron chi connectivity index (χ2n) is 7.05. The molecule has 1 heterocycles. The minimum absolute atomic E-state index is 0.255. The van der Waals surface area contributed by atoms with Crippen molar-refractivity contribution < 1.29 is 9.53 Å². The summed E-state index contributed by atoms with van der Waals surface area (Å²) in [4.78, 5) is 12.7. The van der Waals surface area contributed by atoms with E-state index in [1.807, 2.05) is 30.3 Å². The molecule has 0 aliphatic heterocycles. The summed E-state index contributed by atoms with van der Waals surface area (Å²) in [5, 5.41) is 8.82. The highest BCUT2D eigenvalue weighted by molar-refractivity contribution is 6.42. The van der Waals surface area contributed by atoms with E-state index in [1.54, 1.807) is 53.3 Å². The van der Waals surface area contributed by atoms with Gasteiger partial charge in [-0.15, -0.1) is 0 Å². The third-order valence-corrected chi connectivity index (χ3v) is 5.58. The van der Waals surface area contributed by atoms with Gasteiger partial charge in [0.05, 0.1) is 16.6 Å². The van der Waals surface area contributed by atoms with Gasteiger partial charge in [-0.1, -0.05) is 59.1 Å². The van der Waals surface area contributed by atoms with Gasteiger partial charge in [0.15, 0.2) is 5.82 Å². The van der Waals surface area contributed by atoms with E-state index in [0.717, 1.165) is 11.1 Å². The number of nitrogens with zero attached hydrogens (tertiary/aromatic N) is 2. The van der Waals surface area contributed by atoms with Gasteiger partial charge in [-0.05, 0) is 53.6 Å². The number of halogens is 3. The zero-order valence-corrected chi connectivity index (χ0v) is 19.0. The molecule has 4 rings (SSSR count). The Bertz CT molecular complexity index is 1260. The molecule has 0 unspecified atom stereocenters. The lowest BCUT2D eigenvalue weighted by molar-refractivity contribution is 0.102. The van der Waals surface area contributed by atoms with Crippen molar-refractivity contribution in [3.8, 4) is 5.75 Å². The van der Waals surface area contributed by atoms with Crippen molar-refractivity contribution in [1.29, 1.82) is 0 Å². The van der Waals surface area contributed by atoms with E-state index in [-0.39, 0.29) is 5.91 Å². The molecule has 0 radical (unpaired) electrons. The maximum Gasteiger partial charge on any atom is 0.256 e. The summed E-state index contributed by atoms with van der Waals surface area (Å²) < 4.78 is 7.46. The van der Waals surface area contributed by atoms with Crippen LogP contribution in [0.1, 0.15) is 21.5 Å². The Morgan fingerprint density at radius 2 is 1.75 bits per heavy atom. The second-order valence-corrected chi connectivity index (χ2v) is 8.30. The minimum Gasteiger partial charge on any atom is -0.489 e. The summed E-state index contributed by atoms with van der Waals surface area (Å²) in [7, 11) is 0. The fraction of sp³-hybridized carbons (Fsp3) is 0.0833. The van der Waals surface area contributed by atoms with Gasteiger partial charge in [0, 0.05) is 22.8 Å². The Kier molecular flexibility index (Phi) is 7.00. The Morgan fingerprint density at radius 3 is 2.56 bits per heavy atom. The molecular formula is C24H18Cl3N3O2. The molecule has 1 amide bonds. The molecule has 0 saturated carbocycles. The molecule has 0 aliphatic rings. The highest BCUT2D eigenvalue weighted by Gasteiger charge is 2.10. The average molecular weight is 487 g/mol. The molecule has 0 bridgehead atoms. The Morgan fingerprint density at radius 1 is 0.906 bits per heavy atom. The van der Waals surface area contributed by atoms with Crippen molar-refractivity contribution >= 4 is 46.5 Å². The number of carbonyl (C=O) groups is 1. The number of rotatable bonds is 7. The number of anilines is 1. The van der Waals surface area contributed by atoms with Crippen LogP contribution in [0.25, 0.3) is 0 Å².